The van der Waals surface area contributed by atoms with Crippen LogP contribution >= 0.6 is 12.4 Å². The summed E-state index contributed by atoms with van der Waals surface area (Å²) >= 11 is 0. The molecule has 7 heteroatoms. The number of benzene rings is 1. The number of rotatable bonds is 8. The molecule has 1 rings (SSSR count). The number of carbonyl (C=O) groups is 2. The van der Waals surface area contributed by atoms with E-state index in [1.807, 2.05) is 0 Å². The lowest BCUT2D eigenvalue weighted by Gasteiger charge is -2.17. The second kappa shape index (κ2) is 10.0. The molecule has 0 atom stereocenters. The van der Waals surface area contributed by atoms with Gasteiger partial charge in [0.05, 0.1) is 5.56 Å². The van der Waals surface area contributed by atoms with Crippen molar-refractivity contribution in [3.8, 4) is 11.5 Å². The number of hydrogen-bond donors (Lipinski definition) is 1. The van der Waals surface area contributed by atoms with Crippen LogP contribution in [0.4, 0.5) is 0 Å². The summed E-state index contributed by atoms with van der Waals surface area (Å²) in [5.74, 6) is -2.29. The molecule has 1 aromatic carbocycles. The van der Waals surface area contributed by atoms with E-state index < -0.39 is 23.3 Å². The van der Waals surface area contributed by atoms with Crippen LogP contribution < -0.4 is 9.84 Å². The van der Waals surface area contributed by atoms with Crippen LogP contribution in [0.25, 0.3) is 0 Å². The van der Waals surface area contributed by atoms with Crippen LogP contribution in [0, 0.1) is 0 Å². The first kappa shape index (κ1) is 20.2. The molecule has 6 nitrogen and oxygen atoms in total. The number of ether oxygens (including phenoxy) is 1. The molecule has 0 heterocycles. The van der Waals surface area contributed by atoms with Crippen molar-refractivity contribution < 1.29 is 24.5 Å². The van der Waals surface area contributed by atoms with Gasteiger partial charge in [0.1, 0.15) is 5.75 Å². The van der Waals surface area contributed by atoms with Crippen molar-refractivity contribution in [2.24, 2.45) is 0 Å². The Labute approximate surface area is 136 Å². The van der Waals surface area contributed by atoms with Gasteiger partial charge in [0.25, 0.3) is 0 Å². The van der Waals surface area contributed by atoms with Crippen LogP contribution in [-0.4, -0.2) is 41.6 Å². The van der Waals surface area contributed by atoms with Crippen molar-refractivity contribution >= 4 is 24.3 Å². The summed E-state index contributed by atoms with van der Waals surface area (Å²) in [5, 5.41) is 20.1. The number of hydrogen-bond acceptors (Lipinski definition) is 5. The molecule has 1 aromatic rings. The summed E-state index contributed by atoms with van der Waals surface area (Å²) in [6.07, 6.45) is 0.921. The molecule has 0 aliphatic heterocycles. The van der Waals surface area contributed by atoms with Gasteiger partial charge in [-0.3, -0.25) is 4.79 Å². The van der Waals surface area contributed by atoms with Crippen LogP contribution in [0.5, 0.6) is 11.5 Å². The third-order valence-electron chi connectivity index (χ3n) is 3.16. The first-order valence-electron chi connectivity index (χ1n) is 6.95. The third-order valence-corrected chi connectivity index (χ3v) is 3.16. The first-order chi connectivity index (χ1) is 9.97. The Morgan fingerprint density at radius 3 is 2.45 bits per heavy atom. The summed E-state index contributed by atoms with van der Waals surface area (Å²) in [6, 6.07) is 3.46. The molecule has 0 spiro atoms. The number of nitrogens with zero attached hydrogens (tertiary/aromatic N) is 1. The Kier molecular flexibility index (Phi) is 9.21. The van der Waals surface area contributed by atoms with E-state index in [-0.39, 0.29) is 24.6 Å². The van der Waals surface area contributed by atoms with Gasteiger partial charge in [-0.1, -0.05) is 25.7 Å². The summed E-state index contributed by atoms with van der Waals surface area (Å²) in [4.78, 5) is 24.7. The number of esters is 1. The van der Waals surface area contributed by atoms with Crippen LogP contribution in [0.2, 0.25) is 0 Å². The minimum absolute atomic E-state index is 0. The van der Waals surface area contributed by atoms with E-state index in [0.717, 1.165) is 31.8 Å². The maximum Gasteiger partial charge on any atom is 0.335 e. The van der Waals surface area contributed by atoms with Crippen molar-refractivity contribution in [1.82, 2.24) is 4.90 Å². The second-order valence-corrected chi connectivity index (χ2v) is 4.57. The van der Waals surface area contributed by atoms with Crippen molar-refractivity contribution in [3.63, 3.8) is 0 Å². The quantitative estimate of drug-likeness (QED) is 0.578. The number of carboxylic acids is 1. The Morgan fingerprint density at radius 1 is 1.27 bits per heavy atom. The Bertz CT molecular complexity index is 503. The van der Waals surface area contributed by atoms with E-state index in [1.54, 1.807) is 0 Å². The summed E-state index contributed by atoms with van der Waals surface area (Å²) < 4.78 is 5.05. The Balaban J connectivity index is 0.00000441. The second-order valence-electron chi connectivity index (χ2n) is 4.57. The Hall–Kier alpha value is -1.79. The molecule has 0 aliphatic carbocycles. The molecule has 0 amide bonds. The monoisotopic (exact) mass is 330 g/mol. The lowest BCUT2D eigenvalue weighted by Crippen LogP contribution is -2.24. The standard InChI is InChI=1S/C15H21NO5.ClH/c1-3-16(4-2)9-5-6-14(18)21-11-7-8-13(17)12(10-11)15(19)20;/h7-8,10,17H,3-6,9H2,1-2H3,(H,19,20);1H/p-1. The maximum atomic E-state index is 11.7. The van der Waals surface area contributed by atoms with Gasteiger partial charge in [0.2, 0.25) is 0 Å². The van der Waals surface area contributed by atoms with Gasteiger partial charge in [-0.05, 0) is 38.2 Å². The van der Waals surface area contributed by atoms with Gasteiger partial charge < -0.3 is 19.8 Å². The zero-order valence-electron chi connectivity index (χ0n) is 12.7. The van der Waals surface area contributed by atoms with Gasteiger partial charge in [-0.25, -0.2) is 4.79 Å². The molecule has 0 radical (unpaired) electrons. The van der Waals surface area contributed by atoms with Crippen LogP contribution in [0.15, 0.2) is 18.2 Å². The fraction of sp³-hybridized carbons (Fsp3) is 0.467. The van der Waals surface area contributed by atoms with E-state index >= 15 is 0 Å². The van der Waals surface area contributed by atoms with Gasteiger partial charge in [-0.15, -0.1) is 12.4 Å². The molecular formula is C15H21ClNO5-. The zero-order chi connectivity index (χ0) is 15.8. The van der Waals surface area contributed by atoms with Gasteiger partial charge in [-0.2, -0.15) is 0 Å². The highest BCUT2D eigenvalue weighted by molar-refractivity contribution is 5.91. The predicted octanol–water partition coefficient (Wildman–Crippen LogP) is 1.91. The molecule has 1 N–H and O–H groups in total. The van der Waals surface area contributed by atoms with Crippen molar-refractivity contribution in [2.75, 3.05) is 19.6 Å². The molecule has 0 fully saturated rings. The van der Waals surface area contributed by atoms with Gasteiger partial charge in [0.15, 0.2) is 0 Å². The highest BCUT2D eigenvalue weighted by Gasteiger charge is 2.10. The van der Waals surface area contributed by atoms with E-state index in [2.05, 4.69) is 18.7 Å². The fourth-order valence-electron chi connectivity index (χ4n) is 1.91. The SMILES string of the molecule is CCN(CC)CCCC(=O)Oc1ccc([O-])c(C(=O)O)c1.Cl. The highest BCUT2D eigenvalue weighted by atomic mass is 35.5. The lowest BCUT2D eigenvalue weighted by molar-refractivity contribution is -0.268. The van der Waals surface area contributed by atoms with Crippen molar-refractivity contribution in [2.45, 2.75) is 26.7 Å². The lowest BCUT2D eigenvalue weighted by atomic mass is 10.2. The van der Waals surface area contributed by atoms with Crippen LogP contribution in [0.3, 0.4) is 0 Å². The maximum absolute atomic E-state index is 11.7. The van der Waals surface area contributed by atoms with Gasteiger partial charge in [0, 0.05) is 6.42 Å². The molecule has 0 saturated carbocycles. The summed E-state index contributed by atoms with van der Waals surface area (Å²) in [6.45, 7) is 6.78. The summed E-state index contributed by atoms with van der Waals surface area (Å²) in [5.41, 5.74) is -0.400. The predicted molar refractivity (Wildman–Crippen MR) is 82.8 cm³/mol. The number of carbonyl (C=O) groups excluding carboxylic acids is 1. The zero-order valence-corrected chi connectivity index (χ0v) is 13.5. The molecule has 0 bridgehead atoms. The molecule has 0 unspecified atom stereocenters. The van der Waals surface area contributed by atoms with Gasteiger partial charge >= 0.3 is 11.9 Å². The van der Waals surface area contributed by atoms with Crippen LogP contribution in [0.1, 0.15) is 37.0 Å². The number of halogens is 1. The molecule has 0 aliphatic rings. The average Bonchev–Trinajstić information content (AvgIpc) is 2.45. The van der Waals surface area contributed by atoms with E-state index in [9.17, 15) is 14.7 Å². The molecule has 22 heavy (non-hydrogen) atoms. The minimum atomic E-state index is -1.33. The molecule has 0 saturated heterocycles. The van der Waals surface area contributed by atoms with E-state index in [1.165, 1.54) is 6.07 Å². The van der Waals surface area contributed by atoms with Crippen LogP contribution in [-0.2, 0) is 4.79 Å². The molecule has 0 aromatic heterocycles. The fourth-order valence-corrected chi connectivity index (χ4v) is 1.91. The average molecular weight is 331 g/mol. The third kappa shape index (κ3) is 6.32. The smallest absolute Gasteiger partial charge is 0.335 e. The molecular weight excluding hydrogens is 310 g/mol. The largest absolute Gasteiger partial charge is 0.872 e. The highest BCUT2D eigenvalue weighted by Crippen LogP contribution is 2.21. The van der Waals surface area contributed by atoms with E-state index in [0.29, 0.717) is 6.42 Å². The molecule has 124 valence electrons. The normalized spacial score (nSPS) is 10.1. The summed E-state index contributed by atoms with van der Waals surface area (Å²) in [7, 11) is 0. The minimum Gasteiger partial charge on any atom is -0.872 e. The first-order valence-corrected chi connectivity index (χ1v) is 6.95. The van der Waals surface area contributed by atoms with Crippen molar-refractivity contribution in [1.29, 1.82) is 0 Å². The van der Waals surface area contributed by atoms with Crippen molar-refractivity contribution in [3.05, 3.63) is 23.8 Å². The number of carboxylic acid groups (broad SMARTS) is 1. The van der Waals surface area contributed by atoms with E-state index in [4.69, 9.17) is 9.84 Å². The number of aromatic carboxylic acids is 1. The Morgan fingerprint density at radius 2 is 1.91 bits per heavy atom. The topological polar surface area (TPSA) is 89.9 Å².